The number of benzene rings is 10. The number of hydrogen-bond acceptors (Lipinski definition) is 4. The maximum absolute atomic E-state index is 6.80. The molecule has 13 rings (SSSR count). The highest BCUT2D eigenvalue weighted by Crippen LogP contribution is 2.43. The molecular weight excluding hydrogens is 757 g/mol. The van der Waals surface area contributed by atoms with E-state index in [2.05, 4.69) is 205 Å². The van der Waals surface area contributed by atoms with Gasteiger partial charge in [0.2, 0.25) is 0 Å². The number of para-hydroxylation sites is 1. The number of furan rings is 1. The summed E-state index contributed by atoms with van der Waals surface area (Å²) < 4.78 is 9.20. The monoisotopic (exact) mass is 790 g/mol. The van der Waals surface area contributed by atoms with Gasteiger partial charge in [-0.1, -0.05) is 164 Å². The third-order valence-electron chi connectivity index (χ3n) is 12.4. The van der Waals surface area contributed by atoms with Crippen molar-refractivity contribution in [2.24, 2.45) is 0 Å². The smallest absolute Gasteiger partial charge is 0.166 e. The second kappa shape index (κ2) is 13.6. The van der Waals surface area contributed by atoms with Crippen LogP contribution in [0.3, 0.4) is 0 Å². The first-order valence-corrected chi connectivity index (χ1v) is 20.9. The van der Waals surface area contributed by atoms with Gasteiger partial charge in [0, 0.05) is 38.2 Å². The molecule has 10 aromatic carbocycles. The van der Waals surface area contributed by atoms with Gasteiger partial charge in [0.05, 0.1) is 16.7 Å². The summed E-state index contributed by atoms with van der Waals surface area (Å²) in [7, 11) is 0. The molecule has 0 aliphatic heterocycles. The van der Waals surface area contributed by atoms with Gasteiger partial charge in [-0.15, -0.1) is 0 Å². The van der Waals surface area contributed by atoms with Crippen molar-refractivity contribution in [2.45, 2.75) is 0 Å². The molecule has 5 heteroatoms. The lowest BCUT2D eigenvalue weighted by Crippen LogP contribution is -2.04. The molecule has 0 amide bonds. The number of fused-ring (bicyclic) bond motifs is 10. The van der Waals surface area contributed by atoms with Crippen LogP contribution in [0.15, 0.2) is 211 Å². The molecule has 0 spiro atoms. The third-order valence-corrected chi connectivity index (χ3v) is 12.4. The van der Waals surface area contributed by atoms with Crippen LogP contribution in [-0.2, 0) is 0 Å². The van der Waals surface area contributed by atoms with Crippen molar-refractivity contribution < 1.29 is 4.42 Å². The fourth-order valence-electron chi connectivity index (χ4n) is 9.49. The van der Waals surface area contributed by atoms with Crippen molar-refractivity contribution in [2.75, 3.05) is 0 Å². The Labute approximate surface area is 355 Å². The molecule has 0 aliphatic carbocycles. The normalized spacial score (nSPS) is 11.9. The van der Waals surface area contributed by atoms with E-state index < -0.39 is 0 Å². The minimum absolute atomic E-state index is 0.553. The summed E-state index contributed by atoms with van der Waals surface area (Å²) >= 11 is 0. The van der Waals surface area contributed by atoms with E-state index >= 15 is 0 Å². The quantitative estimate of drug-likeness (QED) is 0.174. The third kappa shape index (κ3) is 5.38. The van der Waals surface area contributed by atoms with Gasteiger partial charge in [-0.05, 0) is 85.9 Å². The zero-order valence-corrected chi connectivity index (χ0v) is 33.3. The molecule has 288 valence electrons. The maximum atomic E-state index is 6.80. The molecule has 0 unspecified atom stereocenters. The summed E-state index contributed by atoms with van der Waals surface area (Å²) in [6.45, 7) is 0. The summed E-state index contributed by atoms with van der Waals surface area (Å²) in [5, 5.41) is 11.3. The van der Waals surface area contributed by atoms with Crippen LogP contribution < -0.4 is 0 Å². The summed E-state index contributed by atoms with van der Waals surface area (Å²) in [5.74, 6) is 1.74. The first kappa shape index (κ1) is 34.5. The lowest BCUT2D eigenvalue weighted by molar-refractivity contribution is 0.669. The molecule has 0 N–H and O–H groups in total. The van der Waals surface area contributed by atoms with Crippen LogP contribution in [0.2, 0.25) is 0 Å². The van der Waals surface area contributed by atoms with Gasteiger partial charge < -0.3 is 8.98 Å². The van der Waals surface area contributed by atoms with Crippen molar-refractivity contribution in [3.8, 4) is 51.0 Å². The number of hydrogen-bond donors (Lipinski definition) is 0. The number of nitrogens with zero attached hydrogens (tertiary/aromatic N) is 4. The minimum atomic E-state index is 0.553. The van der Waals surface area contributed by atoms with Gasteiger partial charge in [0.25, 0.3) is 0 Å². The molecule has 0 fully saturated rings. The van der Waals surface area contributed by atoms with Crippen LogP contribution in [0.25, 0.3) is 127 Å². The average molecular weight is 791 g/mol. The molecule has 3 aromatic heterocycles. The number of rotatable bonds is 5. The highest BCUT2D eigenvalue weighted by Gasteiger charge is 2.23. The second-order valence-electron chi connectivity index (χ2n) is 16.0. The van der Waals surface area contributed by atoms with Crippen LogP contribution in [0.5, 0.6) is 0 Å². The lowest BCUT2D eigenvalue weighted by Gasteiger charge is -2.16. The average Bonchev–Trinajstić information content (AvgIpc) is 3.87. The van der Waals surface area contributed by atoms with E-state index in [1.807, 2.05) is 6.07 Å². The predicted molar refractivity (Wildman–Crippen MR) is 256 cm³/mol. The first-order chi connectivity index (χ1) is 30.7. The van der Waals surface area contributed by atoms with Crippen LogP contribution in [0.4, 0.5) is 0 Å². The molecule has 0 aliphatic rings. The lowest BCUT2D eigenvalue weighted by atomic mass is 10.0. The summed E-state index contributed by atoms with van der Waals surface area (Å²) in [6.07, 6.45) is 0. The molecule has 0 saturated carbocycles. The highest BCUT2D eigenvalue weighted by molar-refractivity contribution is 6.20. The molecule has 0 bridgehead atoms. The molecule has 0 saturated heterocycles. The van der Waals surface area contributed by atoms with E-state index in [1.54, 1.807) is 0 Å². The zero-order valence-electron chi connectivity index (χ0n) is 33.3. The van der Waals surface area contributed by atoms with Crippen molar-refractivity contribution in [1.29, 1.82) is 0 Å². The van der Waals surface area contributed by atoms with Crippen LogP contribution >= 0.6 is 0 Å². The Kier molecular flexibility index (Phi) is 7.54. The molecule has 0 radical (unpaired) electrons. The van der Waals surface area contributed by atoms with Gasteiger partial charge in [-0.3, -0.25) is 0 Å². The maximum Gasteiger partial charge on any atom is 0.166 e. The molecule has 62 heavy (non-hydrogen) atoms. The SMILES string of the molecule is c1ccc(-c2cccc(-c3nc(-c4cc5oc6ccc7ccccc7c6c5cc4-n4c5ccccc5c5cc6ccccc6cc54)nc(-c4cccc5ccccc45)n3)c2)cc1. The van der Waals surface area contributed by atoms with E-state index in [1.165, 1.54) is 21.5 Å². The fraction of sp³-hybridized carbons (Fsp3) is 0. The molecule has 5 nitrogen and oxygen atoms in total. The summed E-state index contributed by atoms with van der Waals surface area (Å²) in [4.78, 5) is 16.2. The summed E-state index contributed by atoms with van der Waals surface area (Å²) in [6, 6.07) is 72.8. The van der Waals surface area contributed by atoms with Gasteiger partial charge in [0.15, 0.2) is 17.5 Å². The van der Waals surface area contributed by atoms with Gasteiger partial charge in [-0.25, -0.2) is 15.0 Å². The molecule has 0 atom stereocenters. The van der Waals surface area contributed by atoms with E-state index in [0.717, 1.165) is 88.0 Å². The largest absolute Gasteiger partial charge is 0.456 e. The molecule has 3 heterocycles. The van der Waals surface area contributed by atoms with Crippen molar-refractivity contribution in [3.05, 3.63) is 206 Å². The molecule has 13 aromatic rings. The van der Waals surface area contributed by atoms with E-state index in [0.29, 0.717) is 17.5 Å². The highest BCUT2D eigenvalue weighted by atomic mass is 16.3. The van der Waals surface area contributed by atoms with Crippen LogP contribution in [0, 0.1) is 0 Å². The Morgan fingerprint density at radius 2 is 0.935 bits per heavy atom. The zero-order chi connectivity index (χ0) is 40.7. The van der Waals surface area contributed by atoms with Gasteiger partial charge in [0.1, 0.15) is 11.2 Å². The van der Waals surface area contributed by atoms with Crippen molar-refractivity contribution in [1.82, 2.24) is 19.5 Å². The Morgan fingerprint density at radius 3 is 1.77 bits per heavy atom. The van der Waals surface area contributed by atoms with Crippen LogP contribution in [0.1, 0.15) is 0 Å². The topological polar surface area (TPSA) is 56.7 Å². The Morgan fingerprint density at radius 1 is 0.323 bits per heavy atom. The predicted octanol–water partition coefficient (Wildman–Crippen LogP) is 15.0. The standard InChI is InChI=1S/C57H34N4O/c1-2-14-35(15-3-1)38-21-12-22-41(30-38)55-58-56(45-26-13-20-36-16-6-8-23-42(36)45)60-57(59-55)47-34-53-48(54-43-24-9-7-17-37(43)28-29-52(54)62-53)33-51(47)61-49-27-11-10-25-44(49)46-31-39-18-4-5-19-40(39)32-50(46)61/h1-34H. The van der Waals surface area contributed by atoms with Crippen molar-refractivity contribution >= 4 is 76.1 Å². The first-order valence-electron chi connectivity index (χ1n) is 20.9. The molecular formula is C57H34N4O. The van der Waals surface area contributed by atoms with E-state index in [-0.39, 0.29) is 0 Å². The minimum Gasteiger partial charge on any atom is -0.456 e. The Hall–Kier alpha value is -8.41. The second-order valence-corrected chi connectivity index (χ2v) is 16.0. The van der Waals surface area contributed by atoms with Crippen LogP contribution in [-0.4, -0.2) is 19.5 Å². The summed E-state index contributed by atoms with van der Waals surface area (Å²) in [5.41, 5.74) is 9.63. The number of aromatic nitrogens is 4. The Balaban J connectivity index is 1.16. The fourth-order valence-corrected chi connectivity index (χ4v) is 9.49. The van der Waals surface area contributed by atoms with E-state index in [4.69, 9.17) is 19.4 Å². The van der Waals surface area contributed by atoms with Gasteiger partial charge in [-0.2, -0.15) is 0 Å². The Bertz CT molecular complexity index is 3930. The van der Waals surface area contributed by atoms with E-state index in [9.17, 15) is 0 Å². The van der Waals surface area contributed by atoms with Crippen molar-refractivity contribution in [3.63, 3.8) is 0 Å². The van der Waals surface area contributed by atoms with Gasteiger partial charge >= 0.3 is 0 Å².